The number of nitrogens with two attached hydrogens (primary N) is 1. The Morgan fingerprint density at radius 2 is 1.75 bits per heavy atom. The van der Waals surface area contributed by atoms with E-state index < -0.39 is 0 Å². The predicted molar refractivity (Wildman–Crippen MR) is 86.0 cm³/mol. The van der Waals surface area contributed by atoms with Crippen LogP contribution in [-0.4, -0.2) is 79.1 Å². The Balaban J connectivity index is 2.04. The first-order valence-electron chi connectivity index (χ1n) is 8.18. The van der Waals surface area contributed by atoms with E-state index in [-0.39, 0.29) is 5.54 Å². The number of hydrogen-bond acceptors (Lipinski definition) is 4. The number of hydrogen-bond donors (Lipinski definition) is 1. The first kappa shape index (κ1) is 16.2. The zero-order valence-corrected chi connectivity index (χ0v) is 14.2. The van der Waals surface area contributed by atoms with Crippen molar-refractivity contribution in [3.8, 4) is 0 Å². The predicted octanol–water partition coefficient (Wildman–Crippen LogP) is 1.21. The molecule has 1 saturated carbocycles. The van der Waals surface area contributed by atoms with Crippen molar-refractivity contribution in [3.05, 3.63) is 0 Å². The normalized spacial score (nSPS) is 30.4. The van der Waals surface area contributed by atoms with Crippen LogP contribution in [0.3, 0.4) is 0 Å². The number of likely N-dealkylation sites (tertiary alicyclic amines) is 1. The Kier molecular flexibility index (Phi) is 4.80. The van der Waals surface area contributed by atoms with Gasteiger partial charge in [-0.3, -0.25) is 9.80 Å². The number of nitrogens with zero attached hydrogens (tertiary/aromatic N) is 3. The molecular formula is C16H34N4. The fourth-order valence-corrected chi connectivity index (χ4v) is 3.90. The van der Waals surface area contributed by atoms with Crippen LogP contribution < -0.4 is 5.73 Å². The molecule has 2 rings (SSSR count). The maximum absolute atomic E-state index is 6.20. The molecular weight excluding hydrogens is 248 g/mol. The Labute approximate surface area is 125 Å². The summed E-state index contributed by atoms with van der Waals surface area (Å²) in [5.41, 5.74) is 6.78. The summed E-state index contributed by atoms with van der Waals surface area (Å²) in [4.78, 5) is 7.59. The van der Waals surface area contributed by atoms with Gasteiger partial charge in [0.25, 0.3) is 0 Å². The third kappa shape index (κ3) is 2.76. The summed E-state index contributed by atoms with van der Waals surface area (Å²) in [5, 5.41) is 0. The Morgan fingerprint density at radius 3 is 2.10 bits per heavy atom. The zero-order valence-electron chi connectivity index (χ0n) is 14.2. The molecule has 1 aliphatic carbocycles. The van der Waals surface area contributed by atoms with Crippen LogP contribution in [0.5, 0.6) is 0 Å². The Morgan fingerprint density at radius 1 is 1.10 bits per heavy atom. The molecule has 1 heterocycles. The average Bonchev–Trinajstić information content (AvgIpc) is 2.78. The Hall–Kier alpha value is -0.160. The lowest BCUT2D eigenvalue weighted by Crippen LogP contribution is -2.63. The van der Waals surface area contributed by atoms with Crippen LogP contribution in [-0.2, 0) is 0 Å². The number of rotatable bonds is 6. The summed E-state index contributed by atoms with van der Waals surface area (Å²) in [5.74, 6) is 0. The van der Waals surface area contributed by atoms with Crippen LogP contribution in [0.25, 0.3) is 0 Å². The largest absolute Gasteiger partial charge is 0.329 e. The molecule has 0 aromatic heterocycles. The van der Waals surface area contributed by atoms with Gasteiger partial charge in [0.15, 0.2) is 0 Å². The summed E-state index contributed by atoms with van der Waals surface area (Å²) in [6, 6.07) is 0.628. The van der Waals surface area contributed by atoms with Crippen LogP contribution in [0.4, 0.5) is 0 Å². The van der Waals surface area contributed by atoms with Crippen LogP contribution in [0.15, 0.2) is 0 Å². The van der Waals surface area contributed by atoms with Gasteiger partial charge in [0.1, 0.15) is 0 Å². The van der Waals surface area contributed by atoms with Crippen molar-refractivity contribution in [1.29, 1.82) is 0 Å². The lowest BCUT2D eigenvalue weighted by Gasteiger charge is -2.52. The van der Waals surface area contributed by atoms with Crippen LogP contribution in [0.2, 0.25) is 0 Å². The number of likely N-dealkylation sites (N-methyl/N-ethyl adjacent to an activating group) is 2. The van der Waals surface area contributed by atoms with Crippen LogP contribution in [0, 0.1) is 0 Å². The highest BCUT2D eigenvalue weighted by Gasteiger charge is 2.46. The molecule has 2 aliphatic rings. The van der Waals surface area contributed by atoms with Crippen molar-refractivity contribution < 1.29 is 0 Å². The maximum atomic E-state index is 6.20. The maximum Gasteiger partial charge on any atom is 0.0468 e. The molecule has 0 aromatic rings. The van der Waals surface area contributed by atoms with E-state index in [1.807, 2.05) is 0 Å². The summed E-state index contributed by atoms with van der Waals surface area (Å²) < 4.78 is 0. The van der Waals surface area contributed by atoms with Crippen molar-refractivity contribution in [2.24, 2.45) is 5.73 Å². The zero-order chi connectivity index (χ0) is 15.0. The minimum absolute atomic E-state index is 0.183. The van der Waals surface area contributed by atoms with Gasteiger partial charge in [0, 0.05) is 43.3 Å². The summed E-state index contributed by atoms with van der Waals surface area (Å²) in [6.07, 6.45) is 5.25. The van der Waals surface area contributed by atoms with Gasteiger partial charge in [-0.05, 0) is 60.7 Å². The van der Waals surface area contributed by atoms with E-state index in [1.54, 1.807) is 0 Å². The topological polar surface area (TPSA) is 35.7 Å². The highest BCUT2D eigenvalue weighted by Crippen LogP contribution is 2.39. The van der Waals surface area contributed by atoms with Gasteiger partial charge in [0.05, 0.1) is 0 Å². The molecule has 4 nitrogen and oxygen atoms in total. The lowest BCUT2D eigenvalue weighted by atomic mass is 9.74. The van der Waals surface area contributed by atoms with E-state index in [0.717, 1.165) is 19.6 Å². The van der Waals surface area contributed by atoms with Crippen LogP contribution in [0.1, 0.15) is 39.5 Å². The third-order valence-electron chi connectivity index (χ3n) is 6.05. The minimum atomic E-state index is 0.183. The van der Waals surface area contributed by atoms with Gasteiger partial charge in [-0.2, -0.15) is 0 Å². The minimum Gasteiger partial charge on any atom is -0.329 e. The molecule has 0 aromatic carbocycles. The van der Waals surface area contributed by atoms with Gasteiger partial charge in [-0.25, -0.2) is 0 Å². The monoisotopic (exact) mass is 282 g/mol. The van der Waals surface area contributed by atoms with Crippen LogP contribution >= 0.6 is 0 Å². The van der Waals surface area contributed by atoms with E-state index >= 15 is 0 Å². The van der Waals surface area contributed by atoms with Crippen molar-refractivity contribution >= 4 is 0 Å². The average molecular weight is 282 g/mol. The molecule has 118 valence electrons. The summed E-state index contributed by atoms with van der Waals surface area (Å²) in [6.45, 7) is 8.83. The van der Waals surface area contributed by atoms with Gasteiger partial charge in [0.2, 0.25) is 0 Å². The van der Waals surface area contributed by atoms with Crippen molar-refractivity contribution in [3.63, 3.8) is 0 Å². The lowest BCUT2D eigenvalue weighted by molar-refractivity contribution is -0.00599. The van der Waals surface area contributed by atoms with E-state index in [9.17, 15) is 0 Å². The smallest absolute Gasteiger partial charge is 0.0468 e. The first-order valence-corrected chi connectivity index (χ1v) is 8.18. The molecule has 2 fully saturated rings. The van der Waals surface area contributed by atoms with Gasteiger partial charge >= 0.3 is 0 Å². The molecule has 1 saturated heterocycles. The summed E-state index contributed by atoms with van der Waals surface area (Å²) in [7, 11) is 6.76. The highest BCUT2D eigenvalue weighted by molar-refractivity contribution is 5.05. The molecule has 1 atom stereocenters. The molecule has 20 heavy (non-hydrogen) atoms. The second-order valence-corrected chi connectivity index (χ2v) is 7.57. The van der Waals surface area contributed by atoms with Crippen molar-refractivity contribution in [2.75, 3.05) is 47.3 Å². The second kappa shape index (κ2) is 5.91. The van der Waals surface area contributed by atoms with E-state index in [4.69, 9.17) is 5.73 Å². The molecule has 4 heteroatoms. The second-order valence-electron chi connectivity index (χ2n) is 7.57. The molecule has 0 bridgehead atoms. The van der Waals surface area contributed by atoms with Gasteiger partial charge < -0.3 is 10.6 Å². The van der Waals surface area contributed by atoms with E-state index in [0.29, 0.717) is 11.6 Å². The van der Waals surface area contributed by atoms with Gasteiger partial charge in [-0.1, -0.05) is 0 Å². The van der Waals surface area contributed by atoms with Gasteiger partial charge in [-0.15, -0.1) is 0 Å². The molecule has 0 amide bonds. The molecule has 0 spiro atoms. The molecule has 2 N–H and O–H groups in total. The van der Waals surface area contributed by atoms with E-state index in [1.165, 1.54) is 32.2 Å². The van der Waals surface area contributed by atoms with Crippen molar-refractivity contribution in [1.82, 2.24) is 14.7 Å². The first-order chi connectivity index (χ1) is 9.35. The highest BCUT2D eigenvalue weighted by atomic mass is 15.3. The molecule has 0 radical (unpaired) electrons. The SMILES string of the molecule is CC(C)N1CCC(CN)(N(C)CC2(N(C)C)CCC2)C1. The fourth-order valence-electron chi connectivity index (χ4n) is 3.90. The molecule has 1 unspecified atom stereocenters. The fraction of sp³-hybridized carbons (Fsp3) is 1.00. The standard InChI is InChI=1S/C16H34N4/c1-14(2)20-10-9-16(11-17,13-20)19(5)12-15(18(3)4)7-6-8-15/h14H,6-13,17H2,1-5H3. The summed E-state index contributed by atoms with van der Waals surface area (Å²) >= 11 is 0. The quantitative estimate of drug-likeness (QED) is 0.794. The van der Waals surface area contributed by atoms with E-state index in [2.05, 4.69) is 49.7 Å². The molecule has 1 aliphatic heterocycles. The van der Waals surface area contributed by atoms with Crippen molar-refractivity contribution in [2.45, 2.75) is 56.7 Å². The third-order valence-corrected chi connectivity index (χ3v) is 6.05. The Bertz CT molecular complexity index is 324.